The number of unbranched alkanes of at least 4 members (excludes halogenated alkanes) is 4. The second kappa shape index (κ2) is 44.0. The summed E-state index contributed by atoms with van der Waals surface area (Å²) < 4.78 is 0. The van der Waals surface area contributed by atoms with Crippen LogP contribution in [-0.4, -0.2) is 223 Å². The number of aliphatic hydroxyl groups is 2. The molecular formula is C54H101N23O12. The van der Waals surface area contributed by atoms with Crippen molar-refractivity contribution in [2.75, 3.05) is 72.0 Å². The van der Waals surface area contributed by atoms with Gasteiger partial charge in [-0.2, -0.15) is 0 Å². The van der Waals surface area contributed by atoms with Gasteiger partial charge in [0.05, 0.1) is 31.1 Å². The number of aromatic nitrogens is 2. The van der Waals surface area contributed by atoms with Crippen LogP contribution in [-0.2, 0) is 54.4 Å². The zero-order valence-corrected chi connectivity index (χ0v) is 50.9. The molecule has 1 aliphatic heterocycles. The predicted octanol–water partition coefficient (Wildman–Crippen LogP) is -9.42. The number of nitrogens with zero attached hydrogens (tertiary/aromatic N) is 3. The lowest BCUT2D eigenvalue weighted by atomic mass is 10.0. The molecule has 32 N–H and O–H groups in total. The van der Waals surface area contributed by atoms with Crippen LogP contribution < -0.4 is 105 Å². The molecule has 0 saturated carbocycles. The smallest absolute Gasteiger partial charge is 0.268 e. The van der Waals surface area contributed by atoms with E-state index in [9.17, 15) is 58.2 Å². The number of aromatic amines is 1. The summed E-state index contributed by atoms with van der Waals surface area (Å²) in [6.07, 6.45) is 5.86. The summed E-state index contributed by atoms with van der Waals surface area (Å²) in [5, 5.41) is 44.3. The first-order valence-corrected chi connectivity index (χ1v) is 30.3. The Morgan fingerprint density at radius 2 is 1.20 bits per heavy atom. The van der Waals surface area contributed by atoms with Crippen molar-refractivity contribution in [3.05, 3.63) is 30.0 Å². The number of aliphatic imine (C=N–C) groups is 1. The highest BCUT2D eigenvalue weighted by Gasteiger charge is 2.40. The van der Waals surface area contributed by atoms with Gasteiger partial charge in [0, 0.05) is 51.0 Å². The quantitative estimate of drug-likeness (QED) is 0.0125. The molecule has 0 aromatic carbocycles. The first kappa shape index (κ1) is 77.6. The lowest BCUT2D eigenvalue weighted by Gasteiger charge is -2.30. The van der Waals surface area contributed by atoms with Crippen molar-refractivity contribution in [3.63, 3.8) is 0 Å². The third kappa shape index (κ3) is 29.1. The highest BCUT2D eigenvalue weighted by atomic mass is 16.3. The van der Waals surface area contributed by atoms with E-state index in [1.54, 1.807) is 0 Å². The van der Waals surface area contributed by atoms with Gasteiger partial charge in [0.15, 0.2) is 5.96 Å². The number of guanidine groups is 1. The average molecular weight is 1260 g/mol. The minimum absolute atomic E-state index is 0.0148. The van der Waals surface area contributed by atoms with Gasteiger partial charge in [-0.15, -0.1) is 0 Å². The molecule has 0 aliphatic carbocycles. The Morgan fingerprint density at radius 1 is 0.629 bits per heavy atom. The van der Waals surface area contributed by atoms with Crippen LogP contribution in [0.3, 0.4) is 0 Å². The zero-order valence-electron chi connectivity index (χ0n) is 50.9. The predicted molar refractivity (Wildman–Crippen MR) is 330 cm³/mol. The van der Waals surface area contributed by atoms with E-state index in [1.165, 1.54) is 23.5 Å². The minimum atomic E-state index is -1.84. The molecule has 0 bridgehead atoms. The standard InChI is InChI=1S/C54H101N23O12/c55-18-4-1-12-33(62)45(81)75-44(41(79)28-61)52(88)76-43(40(78)27-60)51(87)68-30-42(80)70-37(15-9-22-59)53(89)77-25-11-17-39(77)50(86)74-38(26-32-29-65-31-69-32)49(85)73-35(14-3-6-20-57)47(83)72-36(16-10-24-67-54(63)64)48(84)71-34(13-2-5-19-56)46(82)66-23-8-7-21-58/h16,29,31,33-35,37-41,43-44,78-79H,1-15,17-28,30,55-62H2,(H,65,69)(H,66,82)(H,68,87)(H,70,80)(H,71,84)(H,72,83)(H,73,85)(H,74,86)(H,75,81)(H,76,88)(H4,63,64,67)/b36-16-/t33-,34-,35-,37+,38-,39-,40+,41-,43+,44-/m0/s1. The Morgan fingerprint density at radius 3 is 1.79 bits per heavy atom. The molecule has 2 rings (SSSR count). The van der Waals surface area contributed by atoms with Crippen molar-refractivity contribution in [2.24, 2.45) is 62.3 Å². The molecule has 0 unspecified atom stereocenters. The number of hydrogen-bond donors (Lipinski definition) is 22. The van der Waals surface area contributed by atoms with Crippen LogP contribution in [0.2, 0.25) is 0 Å². The third-order valence-corrected chi connectivity index (χ3v) is 14.3. The van der Waals surface area contributed by atoms with Gasteiger partial charge in [0.2, 0.25) is 53.2 Å². The highest BCUT2D eigenvalue weighted by Crippen LogP contribution is 2.21. The molecule has 89 heavy (non-hydrogen) atoms. The molecule has 35 nitrogen and oxygen atoms in total. The van der Waals surface area contributed by atoms with Gasteiger partial charge in [-0.05, 0) is 129 Å². The van der Waals surface area contributed by atoms with E-state index in [2.05, 4.69) is 62.8 Å². The fourth-order valence-corrected chi connectivity index (χ4v) is 9.25. The maximum atomic E-state index is 14.5. The van der Waals surface area contributed by atoms with E-state index in [-0.39, 0.29) is 89.2 Å². The molecule has 1 aromatic rings. The van der Waals surface area contributed by atoms with Gasteiger partial charge < -0.3 is 125 Å². The summed E-state index contributed by atoms with van der Waals surface area (Å²) in [7, 11) is 0. The maximum Gasteiger partial charge on any atom is 0.268 e. The number of aliphatic hydroxyl groups excluding tert-OH is 2. The molecule has 0 radical (unpaired) electrons. The third-order valence-electron chi connectivity index (χ3n) is 14.3. The van der Waals surface area contributed by atoms with E-state index >= 15 is 0 Å². The van der Waals surface area contributed by atoms with Crippen LogP contribution in [0.5, 0.6) is 0 Å². The van der Waals surface area contributed by atoms with Crippen molar-refractivity contribution in [1.82, 2.24) is 62.7 Å². The lowest BCUT2D eigenvalue weighted by molar-refractivity contribution is -0.142. The Balaban J connectivity index is 2.39. The number of nitrogens with one attached hydrogen (secondary N) is 10. The molecule has 35 heteroatoms. The number of H-pyrrole nitrogens is 1. The molecule has 10 amide bonds. The number of nitrogens with two attached hydrogens (primary N) is 10. The van der Waals surface area contributed by atoms with Crippen LogP contribution in [0.4, 0.5) is 0 Å². The van der Waals surface area contributed by atoms with Crippen molar-refractivity contribution in [1.29, 1.82) is 0 Å². The number of carbonyl (C=O) groups is 10. The number of hydrogen-bond acceptors (Lipinski definition) is 22. The second-order valence-electron chi connectivity index (χ2n) is 21.4. The topological polar surface area (TPSA) is 624 Å². The Kier molecular flexibility index (Phi) is 38.4. The van der Waals surface area contributed by atoms with Crippen LogP contribution in [0.15, 0.2) is 29.3 Å². The molecular weight excluding hydrogens is 1160 g/mol. The normalized spacial score (nSPS) is 16.1. The first-order valence-electron chi connectivity index (χ1n) is 30.3. The van der Waals surface area contributed by atoms with Crippen LogP contribution in [0.25, 0.3) is 0 Å². The largest absolute Gasteiger partial charge is 0.389 e. The molecule has 10 atom stereocenters. The Labute approximate surface area is 518 Å². The monoisotopic (exact) mass is 1260 g/mol. The number of imidazole rings is 1. The molecule has 504 valence electrons. The van der Waals surface area contributed by atoms with Crippen molar-refractivity contribution in [2.45, 2.75) is 170 Å². The molecule has 1 fully saturated rings. The van der Waals surface area contributed by atoms with Crippen LogP contribution in [0, 0.1) is 0 Å². The summed E-state index contributed by atoms with van der Waals surface area (Å²) in [5.74, 6) is -8.63. The van der Waals surface area contributed by atoms with Crippen LogP contribution in [0.1, 0.15) is 108 Å². The van der Waals surface area contributed by atoms with E-state index in [4.69, 9.17) is 57.3 Å². The lowest BCUT2D eigenvalue weighted by Crippen LogP contribution is -2.63. The van der Waals surface area contributed by atoms with E-state index in [0.717, 1.165) is 0 Å². The second-order valence-corrected chi connectivity index (χ2v) is 21.4. The number of rotatable bonds is 46. The van der Waals surface area contributed by atoms with Gasteiger partial charge >= 0.3 is 0 Å². The number of likely N-dealkylation sites (tertiary alicyclic amines) is 1. The molecule has 0 spiro atoms. The van der Waals surface area contributed by atoms with Gasteiger partial charge in [-0.25, -0.2) is 4.98 Å². The highest BCUT2D eigenvalue weighted by molar-refractivity contribution is 6.02. The van der Waals surface area contributed by atoms with E-state index in [1.807, 2.05) is 0 Å². The molecule has 1 aromatic heterocycles. The van der Waals surface area contributed by atoms with Gasteiger partial charge in [-0.3, -0.25) is 52.9 Å². The summed E-state index contributed by atoms with van der Waals surface area (Å²) in [6, 6.07) is -10.9. The average Bonchev–Trinajstić information content (AvgIpc) is 3.90. The SMILES string of the molecule is NCCCCNC(=O)[C@H](CCCCN)NC(=O)/C(=C/CCN=C(N)N)NC(=O)[C@H](CCCCN)NC(=O)[C@H](Cc1cnc[nH]1)NC(=O)[C@@H]1CCCN1C(=O)[C@@H](CCCN)NC(=O)CNC(=O)[C@H](NC(=O)[C@@H](NC(=O)[C@@H](N)CCCCN)[C@@H](O)CN)[C@H](O)CN. The number of amides is 10. The summed E-state index contributed by atoms with van der Waals surface area (Å²) >= 11 is 0. The molecule has 2 heterocycles. The Bertz CT molecular complexity index is 2420. The summed E-state index contributed by atoms with van der Waals surface area (Å²) in [6.45, 7) is -0.0523. The first-order chi connectivity index (χ1) is 42.6. The molecule has 1 saturated heterocycles. The van der Waals surface area contributed by atoms with Crippen molar-refractivity contribution in [3.8, 4) is 0 Å². The number of carbonyl (C=O) groups excluding carboxylic acids is 10. The summed E-state index contributed by atoms with van der Waals surface area (Å²) in [4.78, 5) is 151. The minimum Gasteiger partial charge on any atom is -0.389 e. The zero-order chi connectivity index (χ0) is 66.3. The molecule has 1 aliphatic rings. The van der Waals surface area contributed by atoms with Gasteiger partial charge in [-0.1, -0.05) is 12.5 Å². The van der Waals surface area contributed by atoms with E-state index < -0.39 is 139 Å². The van der Waals surface area contributed by atoms with Crippen molar-refractivity contribution < 1.29 is 58.2 Å². The van der Waals surface area contributed by atoms with Crippen molar-refractivity contribution >= 4 is 65.0 Å². The Hall–Kier alpha value is -7.48. The fraction of sp³-hybridized carbons (Fsp3) is 0.704. The van der Waals surface area contributed by atoms with Gasteiger partial charge in [0.25, 0.3) is 5.91 Å². The summed E-state index contributed by atoms with van der Waals surface area (Å²) in [5.41, 5.74) is 56.8. The van der Waals surface area contributed by atoms with E-state index in [0.29, 0.717) is 89.7 Å². The maximum absolute atomic E-state index is 14.5. The van der Waals surface area contributed by atoms with Gasteiger partial charge in [0.1, 0.15) is 48.0 Å². The van der Waals surface area contributed by atoms with Crippen LogP contribution >= 0.6 is 0 Å². The fourth-order valence-electron chi connectivity index (χ4n) is 9.25.